The van der Waals surface area contributed by atoms with E-state index in [-0.39, 0.29) is 11.5 Å². The summed E-state index contributed by atoms with van der Waals surface area (Å²) in [6, 6.07) is 10.4. The number of nitrogens with zero attached hydrogens (tertiary/aromatic N) is 1. The lowest BCUT2D eigenvalue weighted by molar-refractivity contribution is -0.134. The molecule has 0 heterocycles. The molecule has 2 aromatic carbocycles. The average molecular weight is 415 g/mol. The highest BCUT2D eigenvalue weighted by Gasteiger charge is 2.31. The van der Waals surface area contributed by atoms with Crippen molar-refractivity contribution >= 4 is 49.7 Å². The number of hydrazone groups is 1. The van der Waals surface area contributed by atoms with E-state index in [2.05, 4.69) is 10.5 Å². The number of anilines is 1. The first-order valence-corrected chi connectivity index (χ1v) is 9.77. The summed E-state index contributed by atoms with van der Waals surface area (Å²) in [4.78, 5) is 12.1. The average Bonchev–Trinajstić information content (AvgIpc) is 2.58. The fourth-order valence-corrected chi connectivity index (χ4v) is 3.42. The molecule has 0 fully saturated rings. The van der Waals surface area contributed by atoms with Crippen molar-refractivity contribution < 1.29 is 17.9 Å². The van der Waals surface area contributed by atoms with E-state index >= 15 is 0 Å². The number of carbonyl (C=O) groups excluding carboxylic acids is 1. The second-order valence-electron chi connectivity index (χ2n) is 5.17. The molecule has 0 radical (unpaired) electrons. The molecule has 0 saturated carbocycles. The third-order valence-electron chi connectivity index (χ3n) is 3.31. The molecule has 0 bridgehead atoms. The predicted molar refractivity (Wildman–Crippen MR) is 103 cm³/mol. The lowest BCUT2D eigenvalue weighted by Crippen LogP contribution is -2.28. The van der Waals surface area contributed by atoms with Gasteiger partial charge in [0, 0.05) is 10.0 Å². The summed E-state index contributed by atoms with van der Waals surface area (Å²) in [5, 5.41) is 3.84. The van der Waals surface area contributed by atoms with Gasteiger partial charge in [0.2, 0.25) is 9.84 Å². The summed E-state index contributed by atoms with van der Waals surface area (Å²) in [5.41, 5.74) is 3.81. The minimum atomic E-state index is -4.21. The first-order valence-electron chi connectivity index (χ1n) is 7.53. The van der Waals surface area contributed by atoms with Crippen molar-refractivity contribution in [2.24, 2.45) is 5.10 Å². The monoisotopic (exact) mass is 414 g/mol. The van der Waals surface area contributed by atoms with Crippen LogP contribution in [0.4, 0.5) is 5.69 Å². The molecule has 2 aromatic rings. The van der Waals surface area contributed by atoms with Crippen molar-refractivity contribution in [2.45, 2.75) is 18.7 Å². The van der Waals surface area contributed by atoms with Gasteiger partial charge in [-0.2, -0.15) is 5.10 Å². The van der Waals surface area contributed by atoms with Gasteiger partial charge in [0.25, 0.3) is 5.04 Å². The maximum Gasteiger partial charge on any atom is 0.371 e. The highest BCUT2D eigenvalue weighted by atomic mass is 35.5. The molecule has 2 rings (SSSR count). The third kappa shape index (κ3) is 4.75. The van der Waals surface area contributed by atoms with Crippen LogP contribution in [0.5, 0.6) is 0 Å². The zero-order chi connectivity index (χ0) is 19.3. The Hall–Kier alpha value is -2.09. The highest BCUT2D eigenvalue weighted by molar-refractivity contribution is 8.08. The summed E-state index contributed by atoms with van der Waals surface area (Å²) in [6.07, 6.45) is 0. The van der Waals surface area contributed by atoms with Crippen molar-refractivity contribution in [1.82, 2.24) is 0 Å². The first-order chi connectivity index (χ1) is 12.3. The molecule has 6 nitrogen and oxygen atoms in total. The Bertz CT molecular complexity index is 942. The van der Waals surface area contributed by atoms with Crippen molar-refractivity contribution in [3.63, 3.8) is 0 Å². The van der Waals surface area contributed by atoms with Gasteiger partial charge >= 0.3 is 5.97 Å². The van der Waals surface area contributed by atoms with Crippen LogP contribution in [0.15, 0.2) is 52.5 Å². The van der Waals surface area contributed by atoms with E-state index in [0.717, 1.165) is 5.56 Å². The second kappa shape index (κ2) is 8.53. The second-order valence-corrected chi connectivity index (χ2v) is 7.90. The number of nitrogens with one attached hydrogen (secondary N) is 1. The first kappa shape index (κ1) is 20.2. The zero-order valence-corrected chi connectivity index (χ0v) is 16.3. The van der Waals surface area contributed by atoms with Crippen LogP contribution < -0.4 is 5.43 Å². The molecule has 1 N–H and O–H groups in total. The SMILES string of the molecule is CCOC(=O)/C(=N\Nc1cc(Cl)ccc1C)S(=O)(=O)c1ccc(Cl)cc1. The fraction of sp³-hybridized carbons (Fsp3) is 0.176. The van der Waals surface area contributed by atoms with Gasteiger partial charge in [0.1, 0.15) is 0 Å². The van der Waals surface area contributed by atoms with Gasteiger partial charge in [-0.3, -0.25) is 5.43 Å². The zero-order valence-electron chi connectivity index (χ0n) is 14.0. The molecule has 0 spiro atoms. The fourth-order valence-electron chi connectivity index (χ4n) is 1.96. The van der Waals surface area contributed by atoms with Gasteiger partial charge in [-0.1, -0.05) is 29.3 Å². The van der Waals surface area contributed by atoms with Crippen LogP contribution in [0.1, 0.15) is 12.5 Å². The smallest absolute Gasteiger partial charge is 0.371 e. The van der Waals surface area contributed by atoms with Gasteiger partial charge in [-0.25, -0.2) is 13.2 Å². The van der Waals surface area contributed by atoms with E-state index < -0.39 is 20.9 Å². The Kier molecular flexibility index (Phi) is 6.63. The van der Waals surface area contributed by atoms with Crippen LogP contribution in [0.25, 0.3) is 0 Å². The molecule has 0 aromatic heterocycles. The minimum Gasteiger partial charge on any atom is -0.461 e. The topological polar surface area (TPSA) is 84.8 Å². The van der Waals surface area contributed by atoms with Gasteiger partial charge in [-0.15, -0.1) is 0 Å². The number of hydrogen-bond acceptors (Lipinski definition) is 6. The summed E-state index contributed by atoms with van der Waals surface area (Å²) in [5.74, 6) is -1.06. The van der Waals surface area contributed by atoms with E-state index in [1.165, 1.54) is 24.3 Å². The molecule has 138 valence electrons. The normalized spacial score (nSPS) is 11.9. The molecule has 0 aliphatic rings. The Morgan fingerprint density at radius 3 is 2.35 bits per heavy atom. The summed E-state index contributed by atoms with van der Waals surface area (Å²) < 4.78 is 30.4. The Morgan fingerprint density at radius 2 is 1.73 bits per heavy atom. The number of ether oxygens (including phenoxy) is 1. The van der Waals surface area contributed by atoms with Crippen LogP contribution >= 0.6 is 23.2 Å². The molecule has 26 heavy (non-hydrogen) atoms. The number of esters is 1. The number of carbonyl (C=O) groups is 1. The van der Waals surface area contributed by atoms with E-state index in [1.54, 1.807) is 32.0 Å². The minimum absolute atomic E-state index is 0.00415. The quantitative estimate of drug-likeness (QED) is 0.352. The Morgan fingerprint density at radius 1 is 1.12 bits per heavy atom. The summed E-state index contributed by atoms with van der Waals surface area (Å²) in [6.45, 7) is 3.36. The lowest BCUT2D eigenvalue weighted by atomic mass is 10.2. The summed E-state index contributed by atoms with van der Waals surface area (Å²) >= 11 is 11.7. The molecular weight excluding hydrogens is 399 g/mol. The lowest BCUT2D eigenvalue weighted by Gasteiger charge is -2.10. The van der Waals surface area contributed by atoms with E-state index in [0.29, 0.717) is 15.7 Å². The van der Waals surface area contributed by atoms with E-state index in [9.17, 15) is 13.2 Å². The number of benzene rings is 2. The Balaban J connectivity index is 2.47. The number of rotatable bonds is 4. The van der Waals surface area contributed by atoms with Crippen LogP contribution in [0, 0.1) is 6.92 Å². The van der Waals surface area contributed by atoms with Crippen molar-refractivity contribution in [3.05, 3.63) is 58.1 Å². The molecule has 0 aliphatic heterocycles. The number of hydrogen-bond donors (Lipinski definition) is 1. The number of halogens is 2. The van der Waals surface area contributed by atoms with Gasteiger partial charge in [-0.05, 0) is 55.8 Å². The standard InChI is InChI=1S/C17H16Cl2N2O4S/c1-3-25-17(22)16(21-20-15-10-13(19)5-4-11(15)2)26(23,24)14-8-6-12(18)7-9-14/h4-10,20H,3H2,1-2H3/b21-16+. The maximum atomic E-state index is 12.8. The van der Waals surface area contributed by atoms with Crippen LogP contribution in [-0.4, -0.2) is 26.0 Å². The van der Waals surface area contributed by atoms with Crippen LogP contribution in [-0.2, 0) is 19.4 Å². The van der Waals surface area contributed by atoms with Crippen molar-refractivity contribution in [2.75, 3.05) is 12.0 Å². The van der Waals surface area contributed by atoms with E-state index in [4.69, 9.17) is 27.9 Å². The van der Waals surface area contributed by atoms with Crippen LogP contribution in [0.3, 0.4) is 0 Å². The molecule has 0 aliphatic carbocycles. The molecule has 0 unspecified atom stereocenters. The third-order valence-corrected chi connectivity index (χ3v) is 5.45. The molecule has 9 heteroatoms. The van der Waals surface area contributed by atoms with Crippen molar-refractivity contribution in [3.8, 4) is 0 Å². The van der Waals surface area contributed by atoms with Gasteiger partial charge in [0.15, 0.2) is 0 Å². The summed E-state index contributed by atoms with van der Waals surface area (Å²) in [7, 11) is -4.21. The van der Waals surface area contributed by atoms with E-state index in [1.807, 2.05) is 0 Å². The van der Waals surface area contributed by atoms with Crippen molar-refractivity contribution in [1.29, 1.82) is 0 Å². The van der Waals surface area contributed by atoms with Crippen LogP contribution in [0.2, 0.25) is 10.0 Å². The highest BCUT2D eigenvalue weighted by Crippen LogP contribution is 2.21. The number of aryl methyl sites for hydroxylation is 1. The van der Waals surface area contributed by atoms with Gasteiger partial charge in [0.05, 0.1) is 17.2 Å². The predicted octanol–water partition coefficient (Wildman–Crippen LogP) is 4.06. The maximum absolute atomic E-state index is 12.8. The van der Waals surface area contributed by atoms with Gasteiger partial charge < -0.3 is 4.74 Å². The number of sulfone groups is 1. The molecular formula is C17H16Cl2N2O4S. The molecule has 0 atom stereocenters. The molecule has 0 amide bonds. The Labute approximate surface area is 161 Å². The molecule has 0 saturated heterocycles. The largest absolute Gasteiger partial charge is 0.461 e.